The summed E-state index contributed by atoms with van der Waals surface area (Å²) in [4.78, 5) is 17.2. The summed E-state index contributed by atoms with van der Waals surface area (Å²) in [5.41, 5.74) is 4.16. The molecule has 0 fully saturated rings. The van der Waals surface area contributed by atoms with Gasteiger partial charge >= 0.3 is 0 Å². The molecule has 0 unspecified atom stereocenters. The molecule has 0 atom stereocenters. The van der Waals surface area contributed by atoms with Crippen LogP contribution >= 0.6 is 0 Å². The van der Waals surface area contributed by atoms with Gasteiger partial charge in [0.15, 0.2) is 11.5 Å². The van der Waals surface area contributed by atoms with Gasteiger partial charge in [0.25, 0.3) is 5.91 Å². The Hall–Kier alpha value is -2.96. The lowest BCUT2D eigenvalue weighted by atomic mass is 10.0. The van der Waals surface area contributed by atoms with Gasteiger partial charge in [-0.3, -0.25) is 19.6 Å². The number of aryl methyl sites for hydroxylation is 3. The van der Waals surface area contributed by atoms with E-state index in [-0.39, 0.29) is 5.91 Å². The molecule has 0 aliphatic heterocycles. The fourth-order valence-electron chi connectivity index (χ4n) is 3.08. The number of fused-ring (bicyclic) bond motifs is 3. The minimum atomic E-state index is -0.271. The summed E-state index contributed by atoms with van der Waals surface area (Å²) < 4.78 is 1.76. The SMILES string of the molecule is CCn1ccc(NC(=O)c2n[nH]c3c2-c2ncccc2CCC3)n1. The van der Waals surface area contributed by atoms with E-state index in [1.807, 2.05) is 19.2 Å². The van der Waals surface area contributed by atoms with Crippen LogP contribution in [0.5, 0.6) is 0 Å². The van der Waals surface area contributed by atoms with Crippen LogP contribution in [0.25, 0.3) is 11.3 Å². The van der Waals surface area contributed by atoms with Gasteiger partial charge < -0.3 is 5.32 Å². The van der Waals surface area contributed by atoms with Crippen LogP contribution in [0.1, 0.15) is 35.1 Å². The molecule has 7 nitrogen and oxygen atoms in total. The summed E-state index contributed by atoms with van der Waals surface area (Å²) in [5.74, 6) is 0.251. The number of rotatable bonds is 3. The largest absolute Gasteiger partial charge is 0.304 e. The Morgan fingerprint density at radius 1 is 1.38 bits per heavy atom. The molecule has 1 aliphatic rings. The predicted molar refractivity (Wildman–Crippen MR) is 89.7 cm³/mol. The van der Waals surface area contributed by atoms with Crippen LogP contribution in [0.2, 0.25) is 0 Å². The number of carbonyl (C=O) groups is 1. The maximum atomic E-state index is 12.7. The molecular formula is C17H18N6O. The zero-order valence-corrected chi connectivity index (χ0v) is 13.4. The number of aromatic nitrogens is 5. The highest BCUT2D eigenvalue weighted by molar-refractivity contribution is 6.07. The quantitative estimate of drug-likeness (QED) is 0.775. The Morgan fingerprint density at radius 3 is 3.12 bits per heavy atom. The molecule has 4 rings (SSSR count). The monoisotopic (exact) mass is 322 g/mol. The lowest BCUT2D eigenvalue weighted by molar-refractivity contribution is 0.102. The third kappa shape index (κ3) is 2.47. The summed E-state index contributed by atoms with van der Waals surface area (Å²) in [6.07, 6.45) is 6.41. The van der Waals surface area contributed by atoms with E-state index < -0.39 is 0 Å². The molecule has 0 aromatic carbocycles. The fraction of sp³-hybridized carbons (Fsp3) is 0.294. The van der Waals surface area contributed by atoms with Crippen molar-refractivity contribution >= 4 is 11.7 Å². The van der Waals surface area contributed by atoms with Gasteiger partial charge in [0.1, 0.15) is 0 Å². The first-order valence-electron chi connectivity index (χ1n) is 8.12. The maximum Gasteiger partial charge on any atom is 0.278 e. The molecule has 3 heterocycles. The second-order valence-corrected chi connectivity index (χ2v) is 5.80. The average Bonchev–Trinajstić information content (AvgIpc) is 3.18. The first-order chi connectivity index (χ1) is 11.8. The van der Waals surface area contributed by atoms with Crippen LogP contribution < -0.4 is 5.32 Å². The number of hydrogen-bond donors (Lipinski definition) is 2. The van der Waals surface area contributed by atoms with Crippen molar-refractivity contribution in [2.75, 3.05) is 5.32 Å². The molecule has 0 radical (unpaired) electrons. The molecule has 3 aromatic heterocycles. The Balaban J connectivity index is 1.71. The fourth-order valence-corrected chi connectivity index (χ4v) is 3.08. The number of pyridine rings is 1. The maximum absolute atomic E-state index is 12.7. The van der Waals surface area contributed by atoms with E-state index in [1.54, 1.807) is 16.9 Å². The molecule has 0 saturated heterocycles. The highest BCUT2D eigenvalue weighted by Gasteiger charge is 2.25. The summed E-state index contributed by atoms with van der Waals surface area (Å²) in [7, 11) is 0. The molecule has 7 heteroatoms. The topological polar surface area (TPSA) is 88.5 Å². The van der Waals surface area contributed by atoms with Crippen molar-refractivity contribution in [1.29, 1.82) is 0 Å². The number of nitrogens with one attached hydrogen (secondary N) is 2. The smallest absolute Gasteiger partial charge is 0.278 e. The van der Waals surface area contributed by atoms with Gasteiger partial charge in [-0.15, -0.1) is 0 Å². The van der Waals surface area contributed by atoms with Crippen molar-refractivity contribution in [2.45, 2.75) is 32.7 Å². The van der Waals surface area contributed by atoms with Gasteiger partial charge in [0.2, 0.25) is 0 Å². The second kappa shape index (κ2) is 5.92. The van der Waals surface area contributed by atoms with Gasteiger partial charge in [-0.1, -0.05) is 6.07 Å². The van der Waals surface area contributed by atoms with Crippen molar-refractivity contribution < 1.29 is 4.79 Å². The van der Waals surface area contributed by atoms with Gasteiger partial charge in [-0.25, -0.2) is 0 Å². The molecule has 0 spiro atoms. The Morgan fingerprint density at radius 2 is 2.29 bits per heavy atom. The van der Waals surface area contributed by atoms with Crippen LogP contribution in [0.3, 0.4) is 0 Å². The van der Waals surface area contributed by atoms with Crippen LogP contribution in [0.15, 0.2) is 30.6 Å². The highest BCUT2D eigenvalue weighted by atomic mass is 16.2. The Labute approximate surface area is 139 Å². The lowest BCUT2D eigenvalue weighted by Crippen LogP contribution is -2.14. The van der Waals surface area contributed by atoms with Crippen molar-refractivity contribution in [3.05, 3.63) is 47.5 Å². The van der Waals surface area contributed by atoms with Crippen molar-refractivity contribution in [2.24, 2.45) is 0 Å². The van der Waals surface area contributed by atoms with E-state index in [9.17, 15) is 4.79 Å². The second-order valence-electron chi connectivity index (χ2n) is 5.80. The molecular weight excluding hydrogens is 304 g/mol. The first kappa shape index (κ1) is 14.6. The number of aromatic amines is 1. The Kier molecular flexibility index (Phi) is 3.60. The molecule has 24 heavy (non-hydrogen) atoms. The van der Waals surface area contributed by atoms with Gasteiger partial charge in [0, 0.05) is 30.7 Å². The number of anilines is 1. The molecule has 122 valence electrons. The minimum absolute atomic E-state index is 0.271. The minimum Gasteiger partial charge on any atom is -0.304 e. The standard InChI is InChI=1S/C17H18N6O/c1-2-23-10-8-13(22-23)19-17(24)16-14-12(20-21-16)7-3-5-11-6-4-9-18-15(11)14/h4,6,8-10H,2-3,5,7H2,1H3,(H,20,21)(H,19,22,24). The summed E-state index contributed by atoms with van der Waals surface area (Å²) in [6, 6.07) is 5.77. The normalized spacial score (nSPS) is 13.0. The average molecular weight is 322 g/mol. The Bertz CT molecular complexity index is 894. The van der Waals surface area contributed by atoms with Crippen LogP contribution in [0.4, 0.5) is 5.82 Å². The van der Waals surface area contributed by atoms with Crippen LogP contribution in [-0.2, 0) is 19.4 Å². The number of H-pyrrole nitrogens is 1. The van der Waals surface area contributed by atoms with Crippen molar-refractivity contribution in [3.63, 3.8) is 0 Å². The molecule has 2 N–H and O–H groups in total. The van der Waals surface area contributed by atoms with Crippen LogP contribution in [-0.4, -0.2) is 30.9 Å². The first-order valence-corrected chi connectivity index (χ1v) is 8.12. The number of carbonyl (C=O) groups excluding carboxylic acids is 1. The van der Waals surface area contributed by atoms with E-state index in [4.69, 9.17) is 0 Å². The van der Waals surface area contributed by atoms with Gasteiger partial charge in [0.05, 0.1) is 11.3 Å². The third-order valence-electron chi connectivity index (χ3n) is 4.26. The lowest BCUT2D eigenvalue weighted by Gasteiger charge is -2.06. The molecule has 1 amide bonds. The van der Waals surface area contributed by atoms with E-state index in [0.717, 1.165) is 48.3 Å². The number of nitrogens with zero attached hydrogens (tertiary/aromatic N) is 4. The molecule has 3 aromatic rings. The number of amides is 1. The van der Waals surface area contributed by atoms with E-state index >= 15 is 0 Å². The zero-order chi connectivity index (χ0) is 16.5. The third-order valence-corrected chi connectivity index (χ3v) is 4.26. The summed E-state index contributed by atoms with van der Waals surface area (Å²) >= 11 is 0. The number of hydrogen-bond acceptors (Lipinski definition) is 4. The molecule has 1 aliphatic carbocycles. The predicted octanol–water partition coefficient (Wildman–Crippen LogP) is 2.43. The summed E-state index contributed by atoms with van der Waals surface area (Å²) in [5, 5.41) is 14.4. The van der Waals surface area contributed by atoms with E-state index in [0.29, 0.717) is 11.5 Å². The van der Waals surface area contributed by atoms with Crippen molar-refractivity contribution in [3.8, 4) is 11.3 Å². The molecule has 0 bridgehead atoms. The zero-order valence-electron chi connectivity index (χ0n) is 13.4. The van der Waals surface area contributed by atoms with Gasteiger partial charge in [-0.2, -0.15) is 10.2 Å². The van der Waals surface area contributed by atoms with Gasteiger partial charge in [-0.05, 0) is 37.8 Å². The van der Waals surface area contributed by atoms with E-state index in [2.05, 4.69) is 31.7 Å². The summed E-state index contributed by atoms with van der Waals surface area (Å²) in [6.45, 7) is 2.75. The highest BCUT2D eigenvalue weighted by Crippen LogP contribution is 2.32. The van der Waals surface area contributed by atoms with E-state index in [1.165, 1.54) is 0 Å². The molecule has 0 saturated carbocycles. The van der Waals surface area contributed by atoms with Crippen LogP contribution in [0, 0.1) is 0 Å². The van der Waals surface area contributed by atoms with Crippen molar-refractivity contribution in [1.82, 2.24) is 25.0 Å².